The maximum atomic E-state index is 13.9. The van der Waals surface area contributed by atoms with Crippen molar-refractivity contribution in [2.24, 2.45) is 7.05 Å². The smallest absolute Gasteiger partial charge is 0.290 e. The van der Waals surface area contributed by atoms with Crippen LogP contribution in [0.5, 0.6) is 0 Å². The van der Waals surface area contributed by atoms with Crippen LogP contribution in [0.25, 0.3) is 0 Å². The second-order valence-corrected chi connectivity index (χ2v) is 7.90. The fourth-order valence-electron chi connectivity index (χ4n) is 3.89. The molecule has 0 spiro atoms. The molecular formula is C22H24F2N6O2. The summed E-state index contributed by atoms with van der Waals surface area (Å²) in [7, 11) is 3.52. The van der Waals surface area contributed by atoms with E-state index in [0.717, 1.165) is 29.0 Å². The van der Waals surface area contributed by atoms with Crippen molar-refractivity contribution in [2.45, 2.75) is 19.4 Å². The van der Waals surface area contributed by atoms with Gasteiger partial charge in [0.25, 0.3) is 5.91 Å². The van der Waals surface area contributed by atoms with Gasteiger partial charge in [0.2, 0.25) is 5.91 Å². The number of carbonyl (C=O) groups excluding carboxylic acids is 2. The molecule has 2 amide bonds. The summed E-state index contributed by atoms with van der Waals surface area (Å²) in [5.41, 5.74) is 5.28. The number of carbonyl (C=O) groups is 2. The maximum Gasteiger partial charge on any atom is 0.290 e. The van der Waals surface area contributed by atoms with E-state index in [4.69, 9.17) is 0 Å². The topological polar surface area (TPSA) is 82.5 Å². The number of rotatable bonds is 4. The molecule has 10 heteroatoms. The minimum Gasteiger partial charge on any atom is -0.331 e. The molecule has 1 aromatic carbocycles. The van der Waals surface area contributed by atoms with Crippen LogP contribution in [-0.4, -0.2) is 57.5 Å². The van der Waals surface area contributed by atoms with E-state index >= 15 is 0 Å². The molecule has 8 nitrogen and oxygen atoms in total. The van der Waals surface area contributed by atoms with Crippen molar-refractivity contribution in [3.05, 3.63) is 71.0 Å². The number of nitrogens with zero attached hydrogens (tertiary/aromatic N) is 4. The van der Waals surface area contributed by atoms with Gasteiger partial charge in [-0.1, -0.05) is 11.6 Å². The van der Waals surface area contributed by atoms with E-state index in [0.29, 0.717) is 25.3 Å². The van der Waals surface area contributed by atoms with Gasteiger partial charge in [-0.2, -0.15) is 0 Å². The first kappa shape index (κ1) is 21.7. The molecule has 0 aliphatic carbocycles. The second-order valence-electron chi connectivity index (χ2n) is 7.90. The summed E-state index contributed by atoms with van der Waals surface area (Å²) in [6.07, 6.45) is 5.69. The molecule has 2 aliphatic rings. The second kappa shape index (κ2) is 8.54. The SMILES string of the molecule is CC1=C(C2=CC(C(=O)Nc3c(F)cccc3F)NN2C)CN(C(=O)c2nccn2C)CC1. The van der Waals surface area contributed by atoms with Crippen molar-refractivity contribution in [1.29, 1.82) is 0 Å². The maximum absolute atomic E-state index is 13.9. The van der Waals surface area contributed by atoms with Crippen LogP contribution in [0.15, 0.2) is 53.5 Å². The highest BCUT2D eigenvalue weighted by atomic mass is 19.1. The van der Waals surface area contributed by atoms with Gasteiger partial charge in [-0.15, -0.1) is 0 Å². The van der Waals surface area contributed by atoms with Crippen LogP contribution < -0.4 is 10.7 Å². The first-order valence-electron chi connectivity index (χ1n) is 10.2. The fraction of sp³-hybridized carbons (Fsp3) is 0.318. The van der Waals surface area contributed by atoms with E-state index in [9.17, 15) is 18.4 Å². The number of aromatic nitrogens is 2. The quantitative estimate of drug-likeness (QED) is 0.759. The number of likely N-dealkylation sites (N-methyl/N-ethyl adjacent to an activating group) is 1. The Hall–Kier alpha value is -3.53. The van der Waals surface area contributed by atoms with Crippen molar-refractivity contribution >= 4 is 17.5 Å². The Morgan fingerprint density at radius 2 is 1.94 bits per heavy atom. The standard InChI is InChI=1S/C22H24F2N6O2/c1-13-7-9-30(22(32)20-25-8-10-28(20)2)12-14(13)18-11-17(27-29(18)3)21(31)26-19-15(23)5-4-6-16(19)24/h4-6,8,10-11,17,27H,7,9,12H2,1-3H3,(H,26,31). The lowest BCUT2D eigenvalue weighted by Gasteiger charge is -2.32. The van der Waals surface area contributed by atoms with Gasteiger partial charge in [0.1, 0.15) is 23.4 Å². The summed E-state index contributed by atoms with van der Waals surface area (Å²) in [6.45, 7) is 2.93. The molecule has 1 aromatic heterocycles. The van der Waals surface area contributed by atoms with Crippen LogP contribution in [-0.2, 0) is 11.8 Å². The molecule has 0 saturated heterocycles. The number of para-hydroxylation sites is 1. The molecule has 3 heterocycles. The minimum absolute atomic E-state index is 0.166. The number of hydrogen-bond acceptors (Lipinski definition) is 5. The lowest BCUT2D eigenvalue weighted by Crippen LogP contribution is -2.43. The van der Waals surface area contributed by atoms with Gasteiger partial charge in [-0.05, 0) is 37.1 Å². The monoisotopic (exact) mass is 442 g/mol. The zero-order valence-electron chi connectivity index (χ0n) is 18.0. The van der Waals surface area contributed by atoms with Gasteiger partial charge in [0.15, 0.2) is 5.82 Å². The third-order valence-electron chi connectivity index (χ3n) is 5.74. The molecule has 2 aliphatic heterocycles. The average Bonchev–Trinajstić information content (AvgIpc) is 3.36. The number of benzene rings is 1. The van der Waals surface area contributed by atoms with Gasteiger partial charge in [-0.3, -0.25) is 9.59 Å². The van der Waals surface area contributed by atoms with Crippen LogP contribution in [0.1, 0.15) is 24.0 Å². The predicted molar refractivity (Wildman–Crippen MR) is 114 cm³/mol. The number of anilines is 1. The zero-order chi connectivity index (χ0) is 23.0. The highest BCUT2D eigenvalue weighted by Crippen LogP contribution is 2.29. The Kier molecular flexibility index (Phi) is 5.79. The van der Waals surface area contributed by atoms with E-state index in [1.165, 1.54) is 6.07 Å². The van der Waals surface area contributed by atoms with E-state index in [1.54, 1.807) is 47.0 Å². The minimum atomic E-state index is -0.844. The summed E-state index contributed by atoms with van der Waals surface area (Å²) in [6, 6.07) is 2.57. The largest absolute Gasteiger partial charge is 0.331 e. The first-order valence-corrected chi connectivity index (χ1v) is 10.2. The van der Waals surface area contributed by atoms with E-state index in [-0.39, 0.29) is 5.91 Å². The Balaban J connectivity index is 1.53. The van der Waals surface area contributed by atoms with Gasteiger partial charge < -0.3 is 19.8 Å². The first-order chi connectivity index (χ1) is 15.3. The summed E-state index contributed by atoms with van der Waals surface area (Å²) < 4.78 is 29.5. The predicted octanol–water partition coefficient (Wildman–Crippen LogP) is 2.20. The molecule has 2 N–H and O–H groups in total. The number of amides is 2. The summed E-state index contributed by atoms with van der Waals surface area (Å²) in [4.78, 5) is 31.4. The Morgan fingerprint density at radius 1 is 1.22 bits per heavy atom. The number of hydrazine groups is 1. The molecule has 1 atom stereocenters. The third kappa shape index (κ3) is 4.01. The van der Waals surface area contributed by atoms with Crippen LogP contribution in [0.2, 0.25) is 0 Å². The highest BCUT2D eigenvalue weighted by molar-refractivity contribution is 5.97. The molecule has 168 valence electrons. The zero-order valence-corrected chi connectivity index (χ0v) is 18.0. The molecule has 1 unspecified atom stereocenters. The lowest BCUT2D eigenvalue weighted by molar-refractivity contribution is -0.117. The van der Waals surface area contributed by atoms with Crippen LogP contribution in [0, 0.1) is 11.6 Å². The average molecular weight is 442 g/mol. The molecule has 4 rings (SSSR count). The van der Waals surface area contributed by atoms with E-state index in [2.05, 4.69) is 15.7 Å². The van der Waals surface area contributed by atoms with E-state index < -0.39 is 29.3 Å². The summed E-state index contributed by atoms with van der Waals surface area (Å²) >= 11 is 0. The molecule has 0 bridgehead atoms. The van der Waals surface area contributed by atoms with Crippen molar-refractivity contribution in [2.75, 3.05) is 25.5 Å². The Labute approximate surface area is 184 Å². The number of imidazole rings is 1. The van der Waals surface area contributed by atoms with Gasteiger partial charge >= 0.3 is 0 Å². The normalized spacial score (nSPS) is 18.8. The molecular weight excluding hydrogens is 418 g/mol. The summed E-state index contributed by atoms with van der Waals surface area (Å²) in [5, 5.41) is 4.00. The van der Waals surface area contributed by atoms with Gasteiger partial charge in [0, 0.05) is 39.6 Å². The highest BCUT2D eigenvalue weighted by Gasteiger charge is 2.32. The number of aryl methyl sites for hydroxylation is 1. The van der Waals surface area contributed by atoms with Crippen molar-refractivity contribution in [3.63, 3.8) is 0 Å². The molecule has 0 saturated carbocycles. The number of halogens is 2. The fourth-order valence-corrected chi connectivity index (χ4v) is 3.89. The van der Waals surface area contributed by atoms with E-state index in [1.807, 2.05) is 6.92 Å². The van der Waals surface area contributed by atoms with Crippen molar-refractivity contribution in [3.8, 4) is 0 Å². The van der Waals surface area contributed by atoms with Gasteiger partial charge in [-0.25, -0.2) is 19.2 Å². The van der Waals surface area contributed by atoms with Gasteiger partial charge in [0.05, 0.1) is 5.70 Å². The molecule has 0 fully saturated rings. The Morgan fingerprint density at radius 3 is 2.59 bits per heavy atom. The molecule has 0 radical (unpaired) electrons. The van der Waals surface area contributed by atoms with Crippen LogP contribution >= 0.6 is 0 Å². The van der Waals surface area contributed by atoms with Crippen LogP contribution in [0.4, 0.5) is 14.5 Å². The number of hydrogen-bond donors (Lipinski definition) is 2. The number of nitrogens with one attached hydrogen (secondary N) is 2. The van der Waals surface area contributed by atoms with Crippen molar-refractivity contribution in [1.82, 2.24) is 24.9 Å². The third-order valence-corrected chi connectivity index (χ3v) is 5.74. The summed E-state index contributed by atoms with van der Waals surface area (Å²) in [5.74, 6) is -2.09. The lowest BCUT2D eigenvalue weighted by atomic mass is 9.97. The molecule has 32 heavy (non-hydrogen) atoms. The van der Waals surface area contributed by atoms with Crippen molar-refractivity contribution < 1.29 is 18.4 Å². The molecule has 2 aromatic rings. The Bertz CT molecular complexity index is 1120. The van der Waals surface area contributed by atoms with Crippen LogP contribution in [0.3, 0.4) is 0 Å².